The van der Waals surface area contributed by atoms with Gasteiger partial charge in [-0.25, -0.2) is 4.98 Å². The average Bonchev–Trinajstić information content (AvgIpc) is 2.74. The third-order valence-corrected chi connectivity index (χ3v) is 3.69. The number of hydrogen-bond acceptors (Lipinski definition) is 3. The van der Waals surface area contributed by atoms with Crippen molar-refractivity contribution in [3.8, 4) is 0 Å². The minimum atomic E-state index is -4.32. The highest BCUT2D eigenvalue weighted by atomic mass is 32.1. The van der Waals surface area contributed by atoms with Gasteiger partial charge in [-0.2, -0.15) is 13.2 Å². The highest BCUT2D eigenvalue weighted by Crippen LogP contribution is 2.34. The molecular weight excluding hydrogens is 237 g/mol. The van der Waals surface area contributed by atoms with E-state index in [1.807, 2.05) is 0 Å². The molecule has 16 heavy (non-hydrogen) atoms. The van der Waals surface area contributed by atoms with Crippen molar-refractivity contribution in [2.24, 2.45) is 0 Å². The zero-order valence-electron chi connectivity index (χ0n) is 8.90. The third kappa shape index (κ3) is 2.55. The molecule has 1 N–H and O–H groups in total. The Bertz CT molecular complexity index is 367. The molecule has 90 valence electrons. The molecule has 1 aromatic heterocycles. The Morgan fingerprint density at radius 3 is 2.75 bits per heavy atom. The molecule has 0 aromatic carbocycles. The molecular formula is C10H13F3N2S. The fourth-order valence-electron chi connectivity index (χ4n) is 1.94. The Morgan fingerprint density at radius 1 is 1.50 bits per heavy atom. The SMILES string of the molecule is Cc1sc(CC2CCCN2)nc1C(F)(F)F. The second-order valence-electron chi connectivity index (χ2n) is 4.01. The van der Waals surface area contributed by atoms with Crippen LogP contribution in [0.3, 0.4) is 0 Å². The first-order valence-electron chi connectivity index (χ1n) is 5.23. The maximum atomic E-state index is 12.5. The van der Waals surface area contributed by atoms with Gasteiger partial charge < -0.3 is 5.32 Å². The summed E-state index contributed by atoms with van der Waals surface area (Å²) in [5.41, 5.74) is -0.717. The Labute approximate surface area is 95.9 Å². The van der Waals surface area contributed by atoms with Gasteiger partial charge in [-0.1, -0.05) is 0 Å². The molecule has 2 heterocycles. The van der Waals surface area contributed by atoms with Crippen LogP contribution in [-0.2, 0) is 12.6 Å². The standard InChI is InChI=1S/C10H13F3N2S/c1-6-9(10(11,12)13)15-8(16-6)5-7-3-2-4-14-7/h7,14H,2-5H2,1H3. The lowest BCUT2D eigenvalue weighted by molar-refractivity contribution is -0.141. The van der Waals surface area contributed by atoms with Crippen LogP contribution in [0.5, 0.6) is 0 Å². The molecule has 1 fully saturated rings. The maximum Gasteiger partial charge on any atom is 0.434 e. The van der Waals surface area contributed by atoms with Gasteiger partial charge in [-0.15, -0.1) is 11.3 Å². The van der Waals surface area contributed by atoms with Crippen LogP contribution in [0.1, 0.15) is 28.4 Å². The van der Waals surface area contributed by atoms with Crippen LogP contribution in [0, 0.1) is 6.92 Å². The summed E-state index contributed by atoms with van der Waals surface area (Å²) in [6.07, 6.45) is -1.58. The van der Waals surface area contributed by atoms with Crippen LogP contribution in [-0.4, -0.2) is 17.6 Å². The van der Waals surface area contributed by atoms with Gasteiger partial charge in [-0.05, 0) is 26.3 Å². The predicted molar refractivity (Wildman–Crippen MR) is 56.6 cm³/mol. The van der Waals surface area contributed by atoms with Crippen LogP contribution < -0.4 is 5.32 Å². The lowest BCUT2D eigenvalue weighted by Crippen LogP contribution is -2.23. The molecule has 1 aromatic rings. The number of halogens is 3. The van der Waals surface area contributed by atoms with Gasteiger partial charge in [0.1, 0.15) is 0 Å². The highest BCUT2D eigenvalue weighted by molar-refractivity contribution is 7.11. The summed E-state index contributed by atoms with van der Waals surface area (Å²) in [7, 11) is 0. The van der Waals surface area contributed by atoms with E-state index < -0.39 is 11.9 Å². The fraction of sp³-hybridized carbons (Fsp3) is 0.700. The quantitative estimate of drug-likeness (QED) is 0.873. The smallest absolute Gasteiger partial charge is 0.314 e. The van der Waals surface area contributed by atoms with E-state index in [2.05, 4.69) is 10.3 Å². The predicted octanol–water partition coefficient (Wildman–Crippen LogP) is 2.76. The molecule has 0 aliphatic carbocycles. The summed E-state index contributed by atoms with van der Waals surface area (Å²) in [6, 6.07) is 0.298. The van der Waals surface area contributed by atoms with Gasteiger partial charge in [0.15, 0.2) is 5.69 Å². The number of hydrogen-bond donors (Lipinski definition) is 1. The van der Waals surface area contributed by atoms with E-state index in [0.29, 0.717) is 17.5 Å². The number of nitrogens with one attached hydrogen (secondary N) is 1. The van der Waals surface area contributed by atoms with E-state index in [0.717, 1.165) is 30.7 Å². The van der Waals surface area contributed by atoms with Gasteiger partial charge >= 0.3 is 6.18 Å². The normalized spacial score (nSPS) is 21.6. The molecule has 0 spiro atoms. The first-order valence-corrected chi connectivity index (χ1v) is 6.05. The molecule has 1 atom stereocenters. The second-order valence-corrected chi connectivity index (χ2v) is 5.30. The van der Waals surface area contributed by atoms with Crippen molar-refractivity contribution < 1.29 is 13.2 Å². The second kappa shape index (κ2) is 4.33. The minimum Gasteiger partial charge on any atom is -0.314 e. The van der Waals surface area contributed by atoms with Crippen molar-refractivity contribution in [2.75, 3.05) is 6.54 Å². The Hall–Kier alpha value is -0.620. The van der Waals surface area contributed by atoms with Crippen molar-refractivity contribution in [3.05, 3.63) is 15.6 Å². The molecule has 1 aliphatic heterocycles. The van der Waals surface area contributed by atoms with E-state index in [1.165, 1.54) is 6.92 Å². The van der Waals surface area contributed by atoms with Crippen LogP contribution in [0.15, 0.2) is 0 Å². The molecule has 0 amide bonds. The number of alkyl halides is 3. The summed E-state index contributed by atoms with van der Waals surface area (Å²) in [5.74, 6) is 0. The van der Waals surface area contributed by atoms with Crippen molar-refractivity contribution in [1.82, 2.24) is 10.3 Å². The van der Waals surface area contributed by atoms with Crippen LogP contribution in [0.25, 0.3) is 0 Å². The molecule has 2 rings (SSSR count). The lowest BCUT2D eigenvalue weighted by Gasteiger charge is -2.06. The Morgan fingerprint density at radius 2 is 2.25 bits per heavy atom. The first kappa shape index (κ1) is 11.9. The number of rotatable bonds is 2. The Balaban J connectivity index is 2.11. The summed E-state index contributed by atoms with van der Waals surface area (Å²) in [6.45, 7) is 2.44. The van der Waals surface area contributed by atoms with Gasteiger partial charge in [-0.3, -0.25) is 0 Å². The summed E-state index contributed by atoms with van der Waals surface area (Å²) in [4.78, 5) is 3.96. The maximum absolute atomic E-state index is 12.5. The van der Waals surface area contributed by atoms with E-state index in [9.17, 15) is 13.2 Å². The summed E-state index contributed by atoms with van der Waals surface area (Å²) >= 11 is 1.16. The molecule has 1 unspecified atom stereocenters. The Kier molecular flexibility index (Phi) is 3.21. The minimum absolute atomic E-state index is 0.264. The number of nitrogens with zero attached hydrogens (tertiary/aromatic N) is 1. The van der Waals surface area contributed by atoms with Gasteiger partial charge in [0.2, 0.25) is 0 Å². The zero-order chi connectivity index (χ0) is 11.8. The molecule has 2 nitrogen and oxygen atoms in total. The molecule has 1 saturated heterocycles. The highest BCUT2D eigenvalue weighted by Gasteiger charge is 2.36. The van der Waals surface area contributed by atoms with Crippen LogP contribution >= 0.6 is 11.3 Å². The molecule has 0 saturated carbocycles. The average molecular weight is 250 g/mol. The van der Waals surface area contributed by atoms with Crippen LogP contribution in [0.2, 0.25) is 0 Å². The number of aryl methyl sites for hydroxylation is 1. The van der Waals surface area contributed by atoms with Crippen molar-refractivity contribution in [3.63, 3.8) is 0 Å². The molecule has 0 bridgehead atoms. The summed E-state index contributed by atoms with van der Waals surface area (Å²) < 4.78 is 37.5. The van der Waals surface area contributed by atoms with Crippen molar-refractivity contribution >= 4 is 11.3 Å². The largest absolute Gasteiger partial charge is 0.434 e. The molecule has 0 radical (unpaired) electrons. The molecule has 1 aliphatic rings. The van der Waals surface area contributed by atoms with E-state index in [1.54, 1.807) is 0 Å². The molecule has 6 heteroatoms. The van der Waals surface area contributed by atoms with E-state index >= 15 is 0 Å². The fourth-order valence-corrected chi connectivity index (χ4v) is 2.98. The summed E-state index contributed by atoms with van der Waals surface area (Å²) in [5, 5.41) is 3.85. The van der Waals surface area contributed by atoms with Gasteiger partial charge in [0.25, 0.3) is 0 Å². The lowest BCUT2D eigenvalue weighted by atomic mass is 10.2. The van der Waals surface area contributed by atoms with E-state index in [-0.39, 0.29) is 4.88 Å². The van der Waals surface area contributed by atoms with Crippen LogP contribution in [0.4, 0.5) is 13.2 Å². The van der Waals surface area contributed by atoms with E-state index in [4.69, 9.17) is 0 Å². The van der Waals surface area contributed by atoms with Crippen molar-refractivity contribution in [1.29, 1.82) is 0 Å². The zero-order valence-corrected chi connectivity index (χ0v) is 9.71. The van der Waals surface area contributed by atoms with Gasteiger partial charge in [0, 0.05) is 17.3 Å². The first-order chi connectivity index (χ1) is 7.47. The number of thiazole rings is 1. The van der Waals surface area contributed by atoms with Gasteiger partial charge in [0.05, 0.1) is 5.01 Å². The number of aromatic nitrogens is 1. The van der Waals surface area contributed by atoms with Crippen molar-refractivity contribution in [2.45, 2.75) is 38.4 Å². The topological polar surface area (TPSA) is 24.9 Å². The third-order valence-electron chi connectivity index (χ3n) is 2.69. The monoisotopic (exact) mass is 250 g/mol.